The van der Waals surface area contributed by atoms with Crippen molar-refractivity contribution in [2.24, 2.45) is 5.41 Å². The summed E-state index contributed by atoms with van der Waals surface area (Å²) >= 11 is 0. The highest BCUT2D eigenvalue weighted by molar-refractivity contribution is 5.87. The average Bonchev–Trinajstić information content (AvgIpc) is 2.55. The standard InChI is InChI=1S/C13H15NO2/c15-10-4-1-3-9(7-10)11-8-14-12(16)13(11)5-2-6-13/h1,3-4,7,11,15H,2,5-6,8H2,(H,14,16). The SMILES string of the molecule is O=C1NCC(c2cccc(O)c2)C12CCC2. The summed E-state index contributed by atoms with van der Waals surface area (Å²) in [5, 5.41) is 12.5. The monoisotopic (exact) mass is 217 g/mol. The number of carbonyl (C=O) groups is 1. The van der Waals surface area contributed by atoms with Crippen LogP contribution in [0.1, 0.15) is 30.7 Å². The molecule has 1 aromatic rings. The van der Waals surface area contributed by atoms with Gasteiger partial charge in [0.15, 0.2) is 0 Å². The molecule has 1 aliphatic heterocycles. The van der Waals surface area contributed by atoms with Crippen LogP contribution >= 0.6 is 0 Å². The van der Waals surface area contributed by atoms with Gasteiger partial charge in [-0.05, 0) is 30.5 Å². The number of phenols is 1. The van der Waals surface area contributed by atoms with Crippen LogP contribution in [0.15, 0.2) is 24.3 Å². The first-order chi connectivity index (χ1) is 7.72. The number of hydrogen-bond donors (Lipinski definition) is 2. The molecule has 1 heterocycles. The third kappa shape index (κ3) is 1.17. The van der Waals surface area contributed by atoms with Gasteiger partial charge in [-0.1, -0.05) is 18.6 Å². The summed E-state index contributed by atoms with van der Waals surface area (Å²) < 4.78 is 0. The van der Waals surface area contributed by atoms with Gasteiger partial charge in [0.1, 0.15) is 5.75 Å². The highest BCUT2D eigenvalue weighted by atomic mass is 16.3. The molecule has 1 amide bonds. The van der Waals surface area contributed by atoms with Crippen molar-refractivity contribution < 1.29 is 9.90 Å². The molecule has 16 heavy (non-hydrogen) atoms. The summed E-state index contributed by atoms with van der Waals surface area (Å²) in [7, 11) is 0. The number of aromatic hydroxyl groups is 1. The molecule has 0 radical (unpaired) electrons. The Kier molecular flexibility index (Phi) is 1.96. The van der Waals surface area contributed by atoms with Gasteiger partial charge >= 0.3 is 0 Å². The van der Waals surface area contributed by atoms with E-state index in [2.05, 4.69) is 5.32 Å². The van der Waals surface area contributed by atoms with E-state index in [0.29, 0.717) is 6.54 Å². The van der Waals surface area contributed by atoms with Crippen LogP contribution in [0.3, 0.4) is 0 Å². The van der Waals surface area contributed by atoms with E-state index in [-0.39, 0.29) is 23.0 Å². The molecule has 1 atom stereocenters. The maximum atomic E-state index is 11.9. The molecule has 0 bridgehead atoms. The summed E-state index contributed by atoms with van der Waals surface area (Å²) in [6.07, 6.45) is 3.11. The quantitative estimate of drug-likeness (QED) is 0.753. The first-order valence-corrected chi connectivity index (χ1v) is 5.80. The topological polar surface area (TPSA) is 49.3 Å². The molecule has 1 spiro atoms. The molecule has 84 valence electrons. The van der Waals surface area contributed by atoms with Crippen molar-refractivity contribution in [1.29, 1.82) is 0 Å². The molecule has 2 N–H and O–H groups in total. The van der Waals surface area contributed by atoms with Gasteiger partial charge in [-0.2, -0.15) is 0 Å². The molecule has 2 aliphatic rings. The Labute approximate surface area is 94.5 Å². The van der Waals surface area contributed by atoms with E-state index in [1.807, 2.05) is 12.1 Å². The molecular formula is C13H15NO2. The zero-order valence-electron chi connectivity index (χ0n) is 9.07. The molecular weight excluding hydrogens is 202 g/mol. The van der Waals surface area contributed by atoms with Crippen molar-refractivity contribution in [3.05, 3.63) is 29.8 Å². The third-order valence-electron chi connectivity index (χ3n) is 4.10. The number of carbonyl (C=O) groups excluding carboxylic acids is 1. The van der Waals surface area contributed by atoms with Gasteiger partial charge in [-0.3, -0.25) is 4.79 Å². The third-order valence-corrected chi connectivity index (χ3v) is 4.10. The van der Waals surface area contributed by atoms with E-state index in [0.717, 1.165) is 24.8 Å². The highest BCUT2D eigenvalue weighted by Gasteiger charge is 2.54. The lowest BCUT2D eigenvalue weighted by molar-refractivity contribution is -0.132. The van der Waals surface area contributed by atoms with Crippen LogP contribution in [-0.2, 0) is 4.79 Å². The normalized spacial score (nSPS) is 26.5. The fourth-order valence-electron chi connectivity index (χ4n) is 3.04. The van der Waals surface area contributed by atoms with Gasteiger partial charge in [-0.15, -0.1) is 0 Å². The number of hydrogen-bond acceptors (Lipinski definition) is 2. The van der Waals surface area contributed by atoms with Gasteiger partial charge in [0.2, 0.25) is 5.91 Å². The van der Waals surface area contributed by atoms with Crippen molar-refractivity contribution in [3.63, 3.8) is 0 Å². The molecule has 3 rings (SSSR count). The van der Waals surface area contributed by atoms with E-state index in [1.165, 1.54) is 0 Å². The van der Waals surface area contributed by atoms with Crippen LogP contribution in [0.25, 0.3) is 0 Å². The molecule has 1 aromatic carbocycles. The first-order valence-electron chi connectivity index (χ1n) is 5.80. The van der Waals surface area contributed by atoms with E-state index in [1.54, 1.807) is 12.1 Å². The van der Waals surface area contributed by atoms with Crippen molar-refractivity contribution in [1.82, 2.24) is 5.32 Å². The maximum absolute atomic E-state index is 11.9. The molecule has 3 heteroatoms. The molecule has 1 saturated carbocycles. The minimum Gasteiger partial charge on any atom is -0.508 e. The second kappa shape index (κ2) is 3.24. The fourth-order valence-corrected chi connectivity index (χ4v) is 3.04. The summed E-state index contributed by atoms with van der Waals surface area (Å²) in [6, 6.07) is 7.30. The van der Waals surface area contributed by atoms with Gasteiger partial charge in [0.25, 0.3) is 0 Å². The lowest BCUT2D eigenvalue weighted by atomic mass is 9.61. The number of benzene rings is 1. The van der Waals surface area contributed by atoms with Crippen LogP contribution < -0.4 is 5.32 Å². The van der Waals surface area contributed by atoms with Gasteiger partial charge in [0, 0.05) is 12.5 Å². The molecule has 0 aromatic heterocycles. The Bertz CT molecular complexity index is 437. The molecule has 1 unspecified atom stereocenters. The van der Waals surface area contributed by atoms with Crippen molar-refractivity contribution in [2.45, 2.75) is 25.2 Å². The summed E-state index contributed by atoms with van der Waals surface area (Å²) in [6.45, 7) is 0.711. The van der Waals surface area contributed by atoms with Crippen LogP contribution in [0, 0.1) is 5.41 Å². The van der Waals surface area contributed by atoms with E-state index in [4.69, 9.17) is 0 Å². The molecule has 1 saturated heterocycles. The van der Waals surface area contributed by atoms with Crippen molar-refractivity contribution >= 4 is 5.91 Å². The summed E-state index contributed by atoms with van der Waals surface area (Å²) in [5.41, 5.74) is 0.909. The fraction of sp³-hybridized carbons (Fsp3) is 0.462. The Morgan fingerprint density at radius 1 is 1.38 bits per heavy atom. The minimum absolute atomic E-state index is 0.173. The van der Waals surface area contributed by atoms with Gasteiger partial charge in [0.05, 0.1) is 5.41 Å². The lowest BCUT2D eigenvalue weighted by Crippen LogP contribution is -2.40. The van der Waals surface area contributed by atoms with Crippen molar-refractivity contribution in [2.75, 3.05) is 6.54 Å². The van der Waals surface area contributed by atoms with Crippen LogP contribution in [0.2, 0.25) is 0 Å². The van der Waals surface area contributed by atoms with E-state index < -0.39 is 0 Å². The second-order valence-corrected chi connectivity index (χ2v) is 4.87. The molecule has 1 aliphatic carbocycles. The Morgan fingerprint density at radius 3 is 2.81 bits per heavy atom. The predicted molar refractivity (Wildman–Crippen MR) is 60.1 cm³/mol. The van der Waals surface area contributed by atoms with Crippen LogP contribution in [-0.4, -0.2) is 17.6 Å². The van der Waals surface area contributed by atoms with Gasteiger partial charge in [-0.25, -0.2) is 0 Å². The Morgan fingerprint density at radius 2 is 2.19 bits per heavy atom. The summed E-state index contributed by atoms with van der Waals surface area (Å²) in [5.74, 6) is 0.722. The summed E-state index contributed by atoms with van der Waals surface area (Å²) in [4.78, 5) is 11.9. The Balaban J connectivity index is 1.98. The van der Waals surface area contributed by atoms with E-state index in [9.17, 15) is 9.90 Å². The highest BCUT2D eigenvalue weighted by Crippen LogP contribution is 2.54. The zero-order valence-corrected chi connectivity index (χ0v) is 9.07. The minimum atomic E-state index is -0.173. The number of nitrogens with one attached hydrogen (secondary N) is 1. The second-order valence-electron chi connectivity index (χ2n) is 4.87. The average molecular weight is 217 g/mol. The number of rotatable bonds is 1. The van der Waals surface area contributed by atoms with Crippen LogP contribution in [0.5, 0.6) is 5.75 Å². The molecule has 3 nitrogen and oxygen atoms in total. The lowest BCUT2D eigenvalue weighted by Gasteiger charge is -2.40. The Hall–Kier alpha value is -1.51. The predicted octanol–water partition coefficient (Wildman–Crippen LogP) is 1.78. The van der Waals surface area contributed by atoms with Crippen LogP contribution in [0.4, 0.5) is 0 Å². The van der Waals surface area contributed by atoms with Crippen molar-refractivity contribution in [3.8, 4) is 5.75 Å². The number of amides is 1. The zero-order chi connectivity index (χ0) is 11.2. The maximum Gasteiger partial charge on any atom is 0.226 e. The smallest absolute Gasteiger partial charge is 0.226 e. The molecule has 2 fully saturated rings. The first kappa shape index (κ1) is 9.70. The number of phenolic OH excluding ortho intramolecular Hbond substituents is 1. The van der Waals surface area contributed by atoms with Gasteiger partial charge < -0.3 is 10.4 Å². The van der Waals surface area contributed by atoms with E-state index >= 15 is 0 Å². The largest absolute Gasteiger partial charge is 0.508 e.